The smallest absolute Gasteiger partial charge is 0.411 e. The molecular weight excluding hydrogens is 344 g/mol. The van der Waals surface area contributed by atoms with Crippen molar-refractivity contribution in [2.45, 2.75) is 32.2 Å². The van der Waals surface area contributed by atoms with E-state index in [1.165, 1.54) is 11.1 Å². The van der Waals surface area contributed by atoms with E-state index in [0.717, 1.165) is 19.3 Å². The Bertz CT molecular complexity index is 806. The minimum atomic E-state index is -0.525. The first-order valence-corrected chi connectivity index (χ1v) is 9.19. The third kappa shape index (κ3) is 5.23. The third-order valence-corrected chi connectivity index (χ3v) is 4.43. The first-order valence-electron chi connectivity index (χ1n) is 9.19. The zero-order chi connectivity index (χ0) is 19.1. The van der Waals surface area contributed by atoms with Crippen molar-refractivity contribution >= 4 is 17.7 Å². The maximum atomic E-state index is 12.3. The van der Waals surface area contributed by atoms with Gasteiger partial charge in [0.2, 0.25) is 0 Å². The molecule has 0 spiro atoms. The van der Waals surface area contributed by atoms with Gasteiger partial charge in [-0.1, -0.05) is 30.3 Å². The molecule has 142 valence electrons. The molecule has 2 N–H and O–H groups in total. The summed E-state index contributed by atoms with van der Waals surface area (Å²) in [5.41, 5.74) is 3.04. The zero-order valence-electron chi connectivity index (χ0n) is 15.4. The monoisotopic (exact) mass is 368 g/mol. The molecule has 6 nitrogen and oxygen atoms in total. The molecule has 0 aliphatic heterocycles. The van der Waals surface area contributed by atoms with E-state index in [1.807, 2.05) is 12.1 Å². The van der Waals surface area contributed by atoms with Gasteiger partial charge in [-0.15, -0.1) is 0 Å². The number of hydrogen-bond acceptors (Lipinski definition) is 4. The average Bonchev–Trinajstić information content (AvgIpc) is 2.67. The van der Waals surface area contributed by atoms with Gasteiger partial charge in [0, 0.05) is 11.8 Å². The van der Waals surface area contributed by atoms with Crippen LogP contribution in [0.5, 0.6) is 5.75 Å². The fourth-order valence-corrected chi connectivity index (χ4v) is 3.24. The van der Waals surface area contributed by atoms with Gasteiger partial charge in [-0.2, -0.15) is 0 Å². The standard InChI is InChI=1S/C21H24N2O4/c1-2-26-21(25)22-16-9-6-10-17(13-16)27-14-20(24)23-19-12-5-8-15-7-3-4-11-18(15)19/h3-4,6-7,9-11,13,19H,2,5,8,12,14H2,1H3,(H,22,25)(H,23,24). The van der Waals surface area contributed by atoms with Crippen LogP contribution in [-0.4, -0.2) is 25.2 Å². The number of ether oxygens (including phenoxy) is 2. The van der Waals surface area contributed by atoms with Crippen LogP contribution in [0, 0.1) is 0 Å². The number of fused-ring (bicyclic) bond motifs is 1. The van der Waals surface area contributed by atoms with Crippen LogP contribution in [0.3, 0.4) is 0 Å². The summed E-state index contributed by atoms with van der Waals surface area (Å²) in [5, 5.41) is 5.66. The van der Waals surface area contributed by atoms with Gasteiger partial charge in [0.05, 0.1) is 12.6 Å². The number of rotatable bonds is 6. The molecule has 0 saturated carbocycles. The molecule has 0 bridgehead atoms. The average molecular weight is 368 g/mol. The molecule has 1 unspecified atom stereocenters. The van der Waals surface area contributed by atoms with Gasteiger partial charge in [-0.3, -0.25) is 10.1 Å². The minimum absolute atomic E-state index is 0.0304. The van der Waals surface area contributed by atoms with Crippen molar-refractivity contribution < 1.29 is 19.1 Å². The minimum Gasteiger partial charge on any atom is -0.484 e. The van der Waals surface area contributed by atoms with Gasteiger partial charge >= 0.3 is 6.09 Å². The summed E-state index contributed by atoms with van der Waals surface area (Å²) >= 11 is 0. The first kappa shape index (κ1) is 18.8. The molecule has 2 aromatic rings. The molecule has 1 atom stereocenters. The number of carbonyl (C=O) groups is 2. The van der Waals surface area contributed by atoms with Crippen molar-refractivity contribution in [1.29, 1.82) is 0 Å². The topological polar surface area (TPSA) is 76.7 Å². The number of benzene rings is 2. The first-order chi connectivity index (χ1) is 13.2. The van der Waals surface area contributed by atoms with Crippen LogP contribution in [0.4, 0.5) is 10.5 Å². The van der Waals surface area contributed by atoms with Crippen molar-refractivity contribution in [2.75, 3.05) is 18.5 Å². The highest BCUT2D eigenvalue weighted by Crippen LogP contribution is 2.29. The number of carbonyl (C=O) groups excluding carboxylic acids is 2. The summed E-state index contributed by atoms with van der Waals surface area (Å²) in [7, 11) is 0. The van der Waals surface area contributed by atoms with E-state index in [9.17, 15) is 9.59 Å². The van der Waals surface area contributed by atoms with Gasteiger partial charge in [0.25, 0.3) is 5.91 Å². The van der Waals surface area contributed by atoms with Gasteiger partial charge in [-0.25, -0.2) is 4.79 Å². The van der Waals surface area contributed by atoms with Crippen LogP contribution in [0.15, 0.2) is 48.5 Å². The van der Waals surface area contributed by atoms with Crippen molar-refractivity contribution in [1.82, 2.24) is 5.32 Å². The Hall–Kier alpha value is -3.02. The Morgan fingerprint density at radius 3 is 2.85 bits per heavy atom. The maximum Gasteiger partial charge on any atom is 0.411 e. The van der Waals surface area contributed by atoms with Crippen molar-refractivity contribution in [3.05, 3.63) is 59.7 Å². The predicted molar refractivity (Wildman–Crippen MR) is 103 cm³/mol. The van der Waals surface area contributed by atoms with E-state index in [0.29, 0.717) is 18.0 Å². The molecular formula is C21H24N2O4. The Morgan fingerprint density at radius 2 is 2.00 bits per heavy atom. The second-order valence-electron chi connectivity index (χ2n) is 6.37. The quantitative estimate of drug-likeness (QED) is 0.812. The van der Waals surface area contributed by atoms with E-state index >= 15 is 0 Å². The van der Waals surface area contributed by atoms with Crippen molar-refractivity contribution in [3.8, 4) is 5.75 Å². The number of nitrogens with one attached hydrogen (secondary N) is 2. The van der Waals surface area contributed by atoms with Gasteiger partial charge in [-0.05, 0) is 49.4 Å². The molecule has 1 aliphatic carbocycles. The van der Waals surface area contributed by atoms with E-state index in [4.69, 9.17) is 9.47 Å². The fourth-order valence-electron chi connectivity index (χ4n) is 3.24. The molecule has 27 heavy (non-hydrogen) atoms. The molecule has 2 aromatic carbocycles. The number of aryl methyl sites for hydroxylation is 1. The lowest BCUT2D eigenvalue weighted by Gasteiger charge is -2.26. The molecule has 3 rings (SSSR count). The summed E-state index contributed by atoms with van der Waals surface area (Å²) in [4.78, 5) is 23.8. The van der Waals surface area contributed by atoms with Gasteiger partial charge in [0.15, 0.2) is 6.61 Å². The SMILES string of the molecule is CCOC(=O)Nc1cccc(OCC(=O)NC2CCCc3ccccc32)c1. The maximum absolute atomic E-state index is 12.3. The van der Waals surface area contributed by atoms with E-state index < -0.39 is 6.09 Å². The molecule has 6 heteroatoms. The molecule has 0 radical (unpaired) electrons. The van der Waals surface area contributed by atoms with Crippen molar-refractivity contribution in [2.24, 2.45) is 0 Å². The lowest BCUT2D eigenvalue weighted by atomic mass is 9.88. The van der Waals surface area contributed by atoms with Crippen LogP contribution < -0.4 is 15.4 Å². The molecule has 0 aromatic heterocycles. The Morgan fingerprint density at radius 1 is 1.15 bits per heavy atom. The highest BCUT2D eigenvalue weighted by atomic mass is 16.5. The molecule has 0 fully saturated rings. The number of amides is 2. The van der Waals surface area contributed by atoms with Crippen LogP contribution in [-0.2, 0) is 16.0 Å². The van der Waals surface area contributed by atoms with E-state index in [-0.39, 0.29) is 18.6 Å². The zero-order valence-corrected chi connectivity index (χ0v) is 15.4. The third-order valence-electron chi connectivity index (χ3n) is 4.43. The van der Waals surface area contributed by atoms with E-state index in [2.05, 4.69) is 22.8 Å². The highest BCUT2D eigenvalue weighted by Gasteiger charge is 2.21. The lowest BCUT2D eigenvalue weighted by Crippen LogP contribution is -2.34. The Labute approximate surface area is 158 Å². The summed E-state index contributed by atoms with van der Waals surface area (Å²) < 4.78 is 10.4. The number of anilines is 1. The molecule has 0 saturated heterocycles. The normalized spacial score (nSPS) is 15.4. The summed E-state index contributed by atoms with van der Waals surface area (Å²) in [6, 6.07) is 15.1. The van der Waals surface area contributed by atoms with Crippen LogP contribution in [0.2, 0.25) is 0 Å². The van der Waals surface area contributed by atoms with Gasteiger partial charge in [0.1, 0.15) is 5.75 Å². The highest BCUT2D eigenvalue weighted by molar-refractivity contribution is 5.84. The predicted octanol–water partition coefficient (Wildman–Crippen LogP) is 3.83. The summed E-state index contributed by atoms with van der Waals surface area (Å²) in [6.45, 7) is 1.95. The van der Waals surface area contributed by atoms with Crippen LogP contribution >= 0.6 is 0 Å². The lowest BCUT2D eigenvalue weighted by molar-refractivity contribution is -0.123. The molecule has 2 amide bonds. The van der Waals surface area contributed by atoms with E-state index in [1.54, 1.807) is 31.2 Å². The second kappa shape index (κ2) is 9.07. The summed E-state index contributed by atoms with van der Waals surface area (Å²) in [5.74, 6) is 0.337. The second-order valence-corrected chi connectivity index (χ2v) is 6.37. The number of hydrogen-bond donors (Lipinski definition) is 2. The van der Waals surface area contributed by atoms with Crippen LogP contribution in [0.25, 0.3) is 0 Å². The van der Waals surface area contributed by atoms with Crippen LogP contribution in [0.1, 0.15) is 36.9 Å². The Balaban J connectivity index is 1.53. The summed E-state index contributed by atoms with van der Waals surface area (Å²) in [6.07, 6.45) is 2.52. The molecule has 0 heterocycles. The fraction of sp³-hybridized carbons (Fsp3) is 0.333. The molecule has 1 aliphatic rings. The Kier molecular flexibility index (Phi) is 6.30. The largest absolute Gasteiger partial charge is 0.484 e. The van der Waals surface area contributed by atoms with Crippen molar-refractivity contribution in [3.63, 3.8) is 0 Å². The van der Waals surface area contributed by atoms with Gasteiger partial charge < -0.3 is 14.8 Å².